The molecule has 0 spiro atoms. The van der Waals surface area contributed by atoms with E-state index in [-0.39, 0.29) is 13.6 Å². The molecule has 3 aromatic rings. The standard InChI is InChI=1S/C20H16ClOP/c21-19(22)23-20(16-10-4-1-5-11-16,17-12-6-2-7-13-17)18-14-8-3-9-15-18/h1-15,23H. The molecule has 0 bridgehead atoms. The first-order valence-electron chi connectivity index (χ1n) is 7.38. The molecule has 0 aliphatic carbocycles. The summed E-state index contributed by atoms with van der Waals surface area (Å²) in [7, 11) is -0.0911. The van der Waals surface area contributed by atoms with Gasteiger partial charge in [0, 0.05) is 0 Å². The Bertz CT molecular complexity index is 676. The molecule has 0 fully saturated rings. The molecule has 0 aliphatic heterocycles. The van der Waals surface area contributed by atoms with Gasteiger partial charge in [0.1, 0.15) is 0 Å². The zero-order valence-electron chi connectivity index (χ0n) is 12.4. The highest BCUT2D eigenvalue weighted by Crippen LogP contribution is 2.53. The molecule has 3 heteroatoms. The summed E-state index contributed by atoms with van der Waals surface area (Å²) in [4.78, 5) is 11.6. The highest BCUT2D eigenvalue weighted by Gasteiger charge is 2.38. The molecule has 0 saturated carbocycles. The summed E-state index contributed by atoms with van der Waals surface area (Å²) in [6, 6.07) is 30.3. The molecule has 0 aromatic heterocycles. The van der Waals surface area contributed by atoms with Crippen LogP contribution in [0.1, 0.15) is 16.7 Å². The lowest BCUT2D eigenvalue weighted by Crippen LogP contribution is -2.24. The lowest BCUT2D eigenvalue weighted by molar-refractivity contribution is 0.275. The largest absolute Gasteiger partial charge is 0.276 e. The van der Waals surface area contributed by atoms with Gasteiger partial charge >= 0.3 is 0 Å². The first-order valence-corrected chi connectivity index (χ1v) is 8.75. The monoisotopic (exact) mass is 338 g/mol. The van der Waals surface area contributed by atoms with E-state index in [0.717, 1.165) is 16.7 Å². The molecule has 0 heterocycles. The molecule has 3 aromatic carbocycles. The Kier molecular flexibility index (Phi) is 4.91. The number of hydrogen-bond acceptors (Lipinski definition) is 1. The summed E-state index contributed by atoms with van der Waals surface area (Å²) in [5, 5.41) is -0.553. The third-order valence-corrected chi connectivity index (χ3v) is 5.63. The second-order valence-electron chi connectivity index (χ2n) is 5.25. The Hall–Kier alpha value is -1.95. The van der Waals surface area contributed by atoms with Crippen molar-refractivity contribution >= 4 is 25.2 Å². The van der Waals surface area contributed by atoms with E-state index < -0.39 is 5.16 Å². The van der Waals surface area contributed by atoms with E-state index in [2.05, 4.69) is 36.4 Å². The highest BCUT2D eigenvalue weighted by atomic mass is 35.5. The maximum Gasteiger partial charge on any atom is 0.241 e. The predicted molar refractivity (Wildman–Crippen MR) is 98.8 cm³/mol. The molecular weight excluding hydrogens is 323 g/mol. The maximum atomic E-state index is 12.0. The van der Waals surface area contributed by atoms with Crippen molar-refractivity contribution in [3.8, 4) is 0 Å². The Balaban J connectivity index is 2.32. The molecule has 0 saturated heterocycles. The second-order valence-corrected chi connectivity index (χ2v) is 7.36. The highest BCUT2D eigenvalue weighted by molar-refractivity contribution is 7.65. The number of carbonyl (C=O) groups excluding carboxylic acids is 1. The van der Waals surface area contributed by atoms with Gasteiger partial charge in [-0.2, -0.15) is 0 Å². The van der Waals surface area contributed by atoms with E-state index in [1.807, 2.05) is 54.6 Å². The fraction of sp³-hybridized carbons (Fsp3) is 0.0500. The van der Waals surface area contributed by atoms with Gasteiger partial charge in [-0.1, -0.05) is 91.0 Å². The Labute approximate surface area is 143 Å². The van der Waals surface area contributed by atoms with Crippen LogP contribution in [0.15, 0.2) is 91.0 Å². The Morgan fingerprint density at radius 3 is 1.22 bits per heavy atom. The van der Waals surface area contributed by atoms with E-state index in [9.17, 15) is 4.79 Å². The number of rotatable bonds is 5. The SMILES string of the molecule is O=C(Cl)PC(c1ccccc1)(c1ccccc1)c1ccccc1. The molecule has 114 valence electrons. The number of hydrogen-bond donors (Lipinski definition) is 0. The van der Waals surface area contributed by atoms with Crippen molar-refractivity contribution in [3.63, 3.8) is 0 Å². The van der Waals surface area contributed by atoms with Crippen molar-refractivity contribution in [3.05, 3.63) is 108 Å². The molecule has 3 rings (SSSR count). The van der Waals surface area contributed by atoms with Crippen LogP contribution in [0.4, 0.5) is 4.79 Å². The maximum absolute atomic E-state index is 12.0. The van der Waals surface area contributed by atoms with Crippen LogP contribution in [-0.2, 0) is 5.16 Å². The second kappa shape index (κ2) is 7.08. The molecule has 0 N–H and O–H groups in total. The number of carbonyl (C=O) groups is 1. The fourth-order valence-corrected chi connectivity index (χ4v) is 4.58. The minimum Gasteiger partial charge on any atom is -0.276 e. The van der Waals surface area contributed by atoms with Gasteiger partial charge in [-0.15, -0.1) is 0 Å². The van der Waals surface area contributed by atoms with E-state index in [1.165, 1.54) is 0 Å². The summed E-state index contributed by atoms with van der Waals surface area (Å²) in [5.74, 6) is 0. The first kappa shape index (κ1) is 15.9. The molecule has 23 heavy (non-hydrogen) atoms. The first-order chi connectivity index (χ1) is 11.2. The molecule has 1 atom stereocenters. The van der Waals surface area contributed by atoms with Crippen LogP contribution in [0.25, 0.3) is 0 Å². The summed E-state index contributed by atoms with van der Waals surface area (Å²) >= 11 is 5.89. The van der Waals surface area contributed by atoms with Gasteiger partial charge in [-0.05, 0) is 36.9 Å². The molecule has 1 nitrogen and oxygen atoms in total. The zero-order chi connectivity index (χ0) is 16.1. The topological polar surface area (TPSA) is 17.1 Å². The third kappa shape index (κ3) is 3.22. The fourth-order valence-electron chi connectivity index (χ4n) is 2.93. The van der Waals surface area contributed by atoms with Gasteiger partial charge < -0.3 is 0 Å². The summed E-state index contributed by atoms with van der Waals surface area (Å²) < 4.78 is 0. The van der Waals surface area contributed by atoms with Crippen LogP contribution < -0.4 is 0 Å². The van der Waals surface area contributed by atoms with Crippen LogP contribution in [-0.4, -0.2) is 4.98 Å². The van der Waals surface area contributed by atoms with Crippen LogP contribution >= 0.6 is 20.2 Å². The van der Waals surface area contributed by atoms with Gasteiger partial charge in [0.25, 0.3) is 0 Å². The van der Waals surface area contributed by atoms with Gasteiger partial charge in [0.15, 0.2) is 0 Å². The lowest BCUT2D eigenvalue weighted by atomic mass is 9.84. The molecular formula is C20H16ClOP. The van der Waals surface area contributed by atoms with Crippen molar-refractivity contribution < 1.29 is 4.79 Å². The Morgan fingerprint density at radius 2 is 0.957 bits per heavy atom. The van der Waals surface area contributed by atoms with Gasteiger partial charge in [0.2, 0.25) is 4.98 Å². The van der Waals surface area contributed by atoms with Crippen LogP contribution in [0.5, 0.6) is 0 Å². The van der Waals surface area contributed by atoms with Crippen LogP contribution in [0.3, 0.4) is 0 Å². The van der Waals surface area contributed by atoms with Crippen molar-refractivity contribution in [1.29, 1.82) is 0 Å². The zero-order valence-corrected chi connectivity index (χ0v) is 14.2. The average molecular weight is 339 g/mol. The lowest BCUT2D eigenvalue weighted by Gasteiger charge is -2.34. The number of benzene rings is 3. The minimum absolute atomic E-state index is 0.0911. The average Bonchev–Trinajstić information content (AvgIpc) is 2.62. The van der Waals surface area contributed by atoms with Crippen molar-refractivity contribution in [1.82, 2.24) is 0 Å². The van der Waals surface area contributed by atoms with Crippen molar-refractivity contribution in [2.75, 3.05) is 0 Å². The quantitative estimate of drug-likeness (QED) is 0.316. The van der Waals surface area contributed by atoms with Gasteiger partial charge in [-0.3, -0.25) is 4.79 Å². The van der Waals surface area contributed by atoms with E-state index >= 15 is 0 Å². The molecule has 0 amide bonds. The van der Waals surface area contributed by atoms with Crippen molar-refractivity contribution in [2.45, 2.75) is 5.16 Å². The molecule has 0 radical (unpaired) electrons. The van der Waals surface area contributed by atoms with Gasteiger partial charge in [0.05, 0.1) is 5.16 Å². The summed E-state index contributed by atoms with van der Waals surface area (Å²) in [6.07, 6.45) is 0. The molecule has 0 aliphatic rings. The van der Waals surface area contributed by atoms with Crippen LogP contribution in [0, 0.1) is 0 Å². The van der Waals surface area contributed by atoms with E-state index in [1.54, 1.807) is 0 Å². The minimum atomic E-state index is -0.553. The summed E-state index contributed by atoms with van der Waals surface area (Å²) in [6.45, 7) is 0. The normalized spacial score (nSPS) is 11.7. The Morgan fingerprint density at radius 1 is 0.652 bits per heavy atom. The number of halogens is 1. The summed E-state index contributed by atoms with van der Waals surface area (Å²) in [5.41, 5.74) is 3.22. The van der Waals surface area contributed by atoms with E-state index in [0.29, 0.717) is 0 Å². The smallest absolute Gasteiger partial charge is 0.241 e. The van der Waals surface area contributed by atoms with Gasteiger partial charge in [-0.25, -0.2) is 0 Å². The van der Waals surface area contributed by atoms with Crippen molar-refractivity contribution in [2.24, 2.45) is 0 Å². The predicted octanol–water partition coefficient (Wildman–Crippen LogP) is 6.02. The molecule has 1 unspecified atom stereocenters. The van der Waals surface area contributed by atoms with Crippen LogP contribution in [0.2, 0.25) is 0 Å². The van der Waals surface area contributed by atoms with E-state index in [4.69, 9.17) is 11.6 Å². The third-order valence-electron chi connectivity index (χ3n) is 3.91.